The molecule has 1 saturated heterocycles. The second-order valence-corrected chi connectivity index (χ2v) is 12.0. The average molecular weight is 589 g/mol. The van der Waals surface area contributed by atoms with Gasteiger partial charge in [0.1, 0.15) is 5.75 Å². The van der Waals surface area contributed by atoms with E-state index in [-0.39, 0.29) is 53.0 Å². The van der Waals surface area contributed by atoms with E-state index in [4.69, 9.17) is 9.47 Å². The molecule has 0 spiro atoms. The summed E-state index contributed by atoms with van der Waals surface area (Å²) < 4.78 is 82.7. The third kappa shape index (κ3) is 5.59. The van der Waals surface area contributed by atoms with Gasteiger partial charge in [-0.1, -0.05) is 31.5 Å². The van der Waals surface area contributed by atoms with Gasteiger partial charge in [-0.3, -0.25) is 0 Å². The summed E-state index contributed by atoms with van der Waals surface area (Å²) in [5, 5.41) is 4.82. The zero-order valence-corrected chi connectivity index (χ0v) is 23.2. The van der Waals surface area contributed by atoms with Gasteiger partial charge in [-0.2, -0.15) is 0 Å². The molecule has 3 heterocycles. The van der Waals surface area contributed by atoms with Gasteiger partial charge in [0.05, 0.1) is 30.0 Å². The van der Waals surface area contributed by atoms with Crippen molar-refractivity contribution in [3.63, 3.8) is 0 Å². The highest BCUT2D eigenvalue weighted by molar-refractivity contribution is 7.90. The largest absolute Gasteiger partial charge is 0.450 e. The van der Waals surface area contributed by atoms with E-state index in [1.54, 1.807) is 12.1 Å². The first-order valence-corrected chi connectivity index (χ1v) is 14.1. The summed E-state index contributed by atoms with van der Waals surface area (Å²) in [6, 6.07) is 8.57. The lowest BCUT2D eigenvalue weighted by Crippen LogP contribution is -2.54. The van der Waals surface area contributed by atoms with Crippen LogP contribution in [0.15, 0.2) is 59.8 Å². The van der Waals surface area contributed by atoms with Crippen molar-refractivity contribution in [2.24, 2.45) is 0 Å². The topological polar surface area (TPSA) is 112 Å². The number of fused-ring (bicyclic) bond motifs is 1. The summed E-state index contributed by atoms with van der Waals surface area (Å²) in [6.45, 7) is 4.90. The van der Waals surface area contributed by atoms with Gasteiger partial charge in [0.15, 0.2) is 28.7 Å². The third-order valence-corrected chi connectivity index (χ3v) is 8.27. The van der Waals surface area contributed by atoms with Gasteiger partial charge in [0, 0.05) is 30.2 Å². The first kappa shape index (κ1) is 28.4. The number of benzene rings is 2. The lowest BCUT2D eigenvalue weighted by Gasteiger charge is -2.33. The number of nitrogens with one attached hydrogen (secondary N) is 2. The van der Waals surface area contributed by atoms with Gasteiger partial charge >= 0.3 is 6.03 Å². The molecule has 216 valence electrons. The SMILES string of the molecule is Cc1ccc(S(=O)(=O)n2cc(C(C)C)c3c(Oc4c(F)cc(NC(=O)NCC5(F)COC5)cc4F)ccnc32)cc1. The molecular formula is C28H27F3N4O5S. The van der Waals surface area contributed by atoms with Crippen molar-refractivity contribution in [3.05, 3.63) is 77.6 Å². The molecule has 13 heteroatoms. The van der Waals surface area contributed by atoms with Crippen molar-refractivity contribution < 1.29 is 35.9 Å². The number of nitrogens with zero attached hydrogens (tertiary/aromatic N) is 2. The molecule has 0 radical (unpaired) electrons. The number of carbonyl (C=O) groups excluding carboxylic acids is 1. The number of rotatable bonds is 8. The van der Waals surface area contributed by atoms with Crippen molar-refractivity contribution in [2.75, 3.05) is 25.1 Å². The number of pyridine rings is 1. The number of urea groups is 1. The Labute approximate surface area is 234 Å². The maximum Gasteiger partial charge on any atom is 0.319 e. The quantitative estimate of drug-likeness (QED) is 0.276. The molecule has 2 aromatic heterocycles. The number of hydrogen-bond acceptors (Lipinski definition) is 6. The molecule has 2 amide bonds. The molecule has 1 fully saturated rings. The lowest BCUT2D eigenvalue weighted by atomic mass is 10.0. The summed E-state index contributed by atoms with van der Waals surface area (Å²) >= 11 is 0. The minimum atomic E-state index is -4.06. The first-order valence-electron chi connectivity index (χ1n) is 12.7. The minimum Gasteiger partial charge on any atom is -0.450 e. The molecule has 5 rings (SSSR count). The van der Waals surface area contributed by atoms with Crippen molar-refractivity contribution in [1.29, 1.82) is 0 Å². The van der Waals surface area contributed by atoms with Gasteiger partial charge in [-0.25, -0.2) is 35.3 Å². The molecule has 1 aliphatic rings. The third-order valence-electron chi connectivity index (χ3n) is 6.60. The number of hydrogen-bond donors (Lipinski definition) is 2. The fourth-order valence-electron chi connectivity index (χ4n) is 4.33. The van der Waals surface area contributed by atoms with Crippen molar-refractivity contribution in [2.45, 2.75) is 37.3 Å². The van der Waals surface area contributed by atoms with E-state index in [1.165, 1.54) is 30.6 Å². The molecule has 2 N–H and O–H groups in total. The highest BCUT2D eigenvalue weighted by atomic mass is 32.2. The van der Waals surface area contributed by atoms with E-state index in [9.17, 15) is 17.6 Å². The summed E-state index contributed by atoms with van der Waals surface area (Å²) in [4.78, 5) is 16.4. The van der Waals surface area contributed by atoms with Crippen LogP contribution >= 0.6 is 0 Å². The summed E-state index contributed by atoms with van der Waals surface area (Å²) in [7, 11) is -4.06. The van der Waals surface area contributed by atoms with E-state index in [0.29, 0.717) is 5.56 Å². The maximum absolute atomic E-state index is 15.1. The number of halogens is 3. The molecular weight excluding hydrogens is 561 g/mol. The number of alkyl halides is 1. The fraction of sp³-hybridized carbons (Fsp3) is 0.286. The van der Waals surface area contributed by atoms with E-state index < -0.39 is 39.1 Å². The summed E-state index contributed by atoms with van der Waals surface area (Å²) in [5.74, 6) is -3.23. The van der Waals surface area contributed by atoms with Gasteiger partial charge in [0.2, 0.25) is 0 Å². The average Bonchev–Trinajstić information content (AvgIpc) is 3.31. The molecule has 41 heavy (non-hydrogen) atoms. The molecule has 0 aliphatic carbocycles. The highest BCUT2D eigenvalue weighted by Gasteiger charge is 2.39. The Morgan fingerprint density at radius 1 is 1.15 bits per heavy atom. The van der Waals surface area contributed by atoms with E-state index in [2.05, 4.69) is 15.6 Å². The Balaban J connectivity index is 1.46. The predicted octanol–water partition coefficient (Wildman–Crippen LogP) is 5.64. The second-order valence-electron chi connectivity index (χ2n) is 10.2. The molecule has 0 atom stereocenters. The fourth-order valence-corrected chi connectivity index (χ4v) is 5.66. The molecule has 1 aliphatic heterocycles. The number of aromatic nitrogens is 2. The Morgan fingerprint density at radius 2 is 1.80 bits per heavy atom. The van der Waals surface area contributed by atoms with Gasteiger partial charge in [-0.05, 0) is 36.6 Å². The second kappa shape index (κ2) is 10.7. The Bertz CT molecular complexity index is 1710. The standard InChI is InChI=1S/C28H27F3N4O5S/c1-16(2)20-12-35(41(37,38)19-6-4-17(3)5-7-19)26-24(20)23(8-9-32-26)40-25-21(29)10-18(11-22(25)30)34-27(36)33-13-28(31)14-39-15-28/h4-12,16H,13-15H2,1-3H3,(H2,33,34,36). The van der Waals surface area contributed by atoms with Crippen molar-refractivity contribution in [1.82, 2.24) is 14.3 Å². The van der Waals surface area contributed by atoms with Crippen LogP contribution < -0.4 is 15.4 Å². The van der Waals surface area contributed by atoms with E-state index >= 15 is 8.78 Å². The number of aryl methyl sites for hydroxylation is 1. The van der Waals surface area contributed by atoms with E-state index in [0.717, 1.165) is 21.7 Å². The van der Waals surface area contributed by atoms with Crippen LogP contribution in [-0.2, 0) is 14.8 Å². The first-order chi connectivity index (χ1) is 19.4. The van der Waals surface area contributed by atoms with Crippen LogP contribution in [0.2, 0.25) is 0 Å². The number of amides is 2. The molecule has 0 unspecified atom stereocenters. The van der Waals surface area contributed by atoms with Crippen LogP contribution in [0.25, 0.3) is 11.0 Å². The van der Waals surface area contributed by atoms with Crippen LogP contribution in [0.1, 0.15) is 30.9 Å². The van der Waals surface area contributed by atoms with Crippen LogP contribution in [0.5, 0.6) is 11.5 Å². The molecule has 0 bridgehead atoms. The molecule has 9 nitrogen and oxygen atoms in total. The van der Waals surface area contributed by atoms with Gasteiger partial charge < -0.3 is 20.1 Å². The van der Waals surface area contributed by atoms with Crippen molar-refractivity contribution in [3.8, 4) is 11.5 Å². The van der Waals surface area contributed by atoms with E-state index in [1.807, 2.05) is 20.8 Å². The highest BCUT2D eigenvalue weighted by Crippen LogP contribution is 2.39. The summed E-state index contributed by atoms with van der Waals surface area (Å²) in [5.41, 5.74) is -0.432. The van der Waals surface area contributed by atoms with Crippen LogP contribution in [0.4, 0.5) is 23.7 Å². The van der Waals surface area contributed by atoms with Crippen LogP contribution in [-0.4, -0.2) is 48.8 Å². The maximum atomic E-state index is 15.1. The number of anilines is 1. The Morgan fingerprint density at radius 3 is 2.39 bits per heavy atom. The minimum absolute atomic E-state index is 0.0104. The predicted molar refractivity (Wildman–Crippen MR) is 146 cm³/mol. The molecule has 4 aromatic rings. The van der Waals surface area contributed by atoms with Gasteiger partial charge in [0.25, 0.3) is 10.0 Å². The van der Waals surface area contributed by atoms with Gasteiger partial charge in [-0.15, -0.1) is 0 Å². The molecule has 0 saturated carbocycles. The lowest BCUT2D eigenvalue weighted by molar-refractivity contribution is -0.125. The number of ether oxygens (including phenoxy) is 2. The number of carbonyl (C=O) groups is 1. The van der Waals surface area contributed by atoms with Crippen LogP contribution in [0, 0.1) is 18.6 Å². The zero-order chi connectivity index (χ0) is 29.5. The monoisotopic (exact) mass is 588 g/mol. The smallest absolute Gasteiger partial charge is 0.319 e. The Hall–Kier alpha value is -4.10. The Kier molecular flexibility index (Phi) is 7.43. The zero-order valence-electron chi connectivity index (χ0n) is 22.4. The van der Waals surface area contributed by atoms with Crippen molar-refractivity contribution >= 4 is 32.8 Å². The summed E-state index contributed by atoms with van der Waals surface area (Å²) in [6.07, 6.45) is 2.71. The molecule has 2 aromatic carbocycles. The normalized spacial score (nSPS) is 14.6. The van der Waals surface area contributed by atoms with Crippen LogP contribution in [0.3, 0.4) is 0 Å².